The van der Waals surface area contributed by atoms with E-state index in [1.165, 1.54) is 12.1 Å². The second kappa shape index (κ2) is 6.20. The SMILES string of the molecule is O=C(NCc1cnn2ccccc12)c1cc(-c2ccc(F)cc2)n[nH]1. The molecule has 0 bridgehead atoms. The number of halogens is 1. The minimum Gasteiger partial charge on any atom is -0.347 e. The molecule has 4 rings (SSSR count). The lowest BCUT2D eigenvalue weighted by Crippen LogP contribution is -2.23. The number of fused-ring (bicyclic) bond motifs is 1. The lowest BCUT2D eigenvalue weighted by atomic mass is 10.1. The van der Waals surface area contributed by atoms with Gasteiger partial charge in [0.15, 0.2) is 0 Å². The Morgan fingerprint density at radius 1 is 1.20 bits per heavy atom. The smallest absolute Gasteiger partial charge is 0.269 e. The minimum absolute atomic E-state index is 0.267. The molecule has 124 valence electrons. The zero-order chi connectivity index (χ0) is 17.2. The average molecular weight is 335 g/mol. The summed E-state index contributed by atoms with van der Waals surface area (Å²) in [6.07, 6.45) is 3.58. The van der Waals surface area contributed by atoms with Gasteiger partial charge in [-0.1, -0.05) is 6.07 Å². The van der Waals surface area contributed by atoms with Crippen LogP contribution in [0.15, 0.2) is 60.9 Å². The van der Waals surface area contributed by atoms with Crippen LogP contribution >= 0.6 is 0 Å². The Morgan fingerprint density at radius 3 is 2.88 bits per heavy atom. The maximum Gasteiger partial charge on any atom is 0.269 e. The van der Waals surface area contributed by atoms with Crippen molar-refractivity contribution in [3.8, 4) is 11.3 Å². The maximum absolute atomic E-state index is 13.0. The molecule has 0 saturated carbocycles. The van der Waals surface area contributed by atoms with E-state index >= 15 is 0 Å². The Hall–Kier alpha value is -3.48. The van der Waals surface area contributed by atoms with E-state index in [9.17, 15) is 9.18 Å². The highest BCUT2D eigenvalue weighted by Crippen LogP contribution is 2.18. The van der Waals surface area contributed by atoms with Gasteiger partial charge in [0.2, 0.25) is 0 Å². The maximum atomic E-state index is 13.0. The monoisotopic (exact) mass is 335 g/mol. The lowest BCUT2D eigenvalue weighted by Gasteiger charge is -2.02. The van der Waals surface area contributed by atoms with E-state index in [1.807, 2.05) is 24.4 Å². The predicted octanol–water partition coefficient (Wildman–Crippen LogP) is 2.79. The summed E-state index contributed by atoms with van der Waals surface area (Å²) >= 11 is 0. The summed E-state index contributed by atoms with van der Waals surface area (Å²) in [6.45, 7) is 0.358. The molecule has 0 spiro atoms. The first-order valence-electron chi connectivity index (χ1n) is 7.71. The van der Waals surface area contributed by atoms with Crippen LogP contribution in [0, 0.1) is 5.82 Å². The van der Waals surface area contributed by atoms with Gasteiger partial charge in [-0.3, -0.25) is 9.89 Å². The van der Waals surface area contributed by atoms with Crippen molar-refractivity contribution in [1.82, 2.24) is 25.1 Å². The fourth-order valence-corrected chi connectivity index (χ4v) is 2.60. The summed E-state index contributed by atoms with van der Waals surface area (Å²) in [5.41, 5.74) is 3.53. The van der Waals surface area contributed by atoms with Crippen molar-refractivity contribution >= 4 is 11.4 Å². The number of hydrogen-bond acceptors (Lipinski definition) is 3. The zero-order valence-corrected chi connectivity index (χ0v) is 13.1. The van der Waals surface area contributed by atoms with Crippen molar-refractivity contribution in [2.75, 3.05) is 0 Å². The number of aromatic amines is 1. The third-order valence-corrected chi connectivity index (χ3v) is 3.91. The second-order valence-corrected chi connectivity index (χ2v) is 5.56. The van der Waals surface area contributed by atoms with Crippen molar-refractivity contribution in [3.05, 3.63) is 78.0 Å². The quantitative estimate of drug-likeness (QED) is 0.602. The number of carbonyl (C=O) groups is 1. The second-order valence-electron chi connectivity index (χ2n) is 5.56. The van der Waals surface area contributed by atoms with Crippen molar-refractivity contribution in [2.24, 2.45) is 0 Å². The number of carbonyl (C=O) groups excluding carboxylic acids is 1. The number of nitrogens with one attached hydrogen (secondary N) is 2. The highest BCUT2D eigenvalue weighted by atomic mass is 19.1. The van der Waals surface area contributed by atoms with Gasteiger partial charge in [0.1, 0.15) is 11.5 Å². The van der Waals surface area contributed by atoms with Gasteiger partial charge in [-0.05, 0) is 42.5 Å². The molecule has 0 fully saturated rings. The fraction of sp³-hybridized carbons (Fsp3) is 0.0556. The number of H-pyrrole nitrogens is 1. The fourth-order valence-electron chi connectivity index (χ4n) is 2.60. The van der Waals surface area contributed by atoms with Gasteiger partial charge in [-0.2, -0.15) is 10.2 Å². The lowest BCUT2D eigenvalue weighted by molar-refractivity contribution is 0.0946. The van der Waals surface area contributed by atoms with Crippen LogP contribution < -0.4 is 5.32 Å². The van der Waals surface area contributed by atoms with Gasteiger partial charge >= 0.3 is 0 Å². The van der Waals surface area contributed by atoms with Gasteiger partial charge < -0.3 is 5.32 Å². The molecule has 0 aliphatic carbocycles. The van der Waals surface area contributed by atoms with Crippen LogP contribution in [0.2, 0.25) is 0 Å². The van der Waals surface area contributed by atoms with Gasteiger partial charge in [0.05, 0.1) is 17.4 Å². The normalized spacial score (nSPS) is 10.9. The van der Waals surface area contributed by atoms with Crippen LogP contribution in [0.25, 0.3) is 16.8 Å². The number of aromatic nitrogens is 4. The molecule has 2 N–H and O–H groups in total. The first-order chi connectivity index (χ1) is 12.2. The number of pyridine rings is 1. The first kappa shape index (κ1) is 15.1. The molecule has 0 atom stereocenters. The van der Waals surface area contributed by atoms with E-state index in [0.717, 1.165) is 16.6 Å². The summed E-state index contributed by atoms with van der Waals surface area (Å²) < 4.78 is 14.7. The van der Waals surface area contributed by atoms with Crippen LogP contribution in [0.1, 0.15) is 16.1 Å². The molecular weight excluding hydrogens is 321 g/mol. The Balaban J connectivity index is 1.47. The highest BCUT2D eigenvalue weighted by Gasteiger charge is 2.12. The molecule has 1 aromatic carbocycles. The molecular formula is C18H14FN5O. The summed E-state index contributed by atoms with van der Waals surface area (Å²) in [5, 5.41) is 13.9. The number of hydrogen-bond donors (Lipinski definition) is 2. The van der Waals surface area contributed by atoms with Gasteiger partial charge in [-0.15, -0.1) is 0 Å². The van der Waals surface area contributed by atoms with Crippen LogP contribution in [0.4, 0.5) is 4.39 Å². The molecule has 6 nitrogen and oxygen atoms in total. The van der Waals surface area contributed by atoms with Gasteiger partial charge in [0, 0.05) is 23.9 Å². The Morgan fingerprint density at radius 2 is 2.04 bits per heavy atom. The molecule has 0 saturated heterocycles. The molecule has 1 amide bonds. The molecule has 4 aromatic rings. The van der Waals surface area contributed by atoms with E-state index in [1.54, 1.807) is 28.9 Å². The molecule has 0 unspecified atom stereocenters. The van der Waals surface area contributed by atoms with Gasteiger partial charge in [0.25, 0.3) is 5.91 Å². The number of amides is 1. The highest BCUT2D eigenvalue weighted by molar-refractivity contribution is 5.93. The average Bonchev–Trinajstić information content (AvgIpc) is 3.28. The Labute approximate surface area is 142 Å². The van der Waals surface area contributed by atoms with E-state index in [0.29, 0.717) is 17.9 Å². The molecule has 25 heavy (non-hydrogen) atoms. The van der Waals surface area contributed by atoms with E-state index in [2.05, 4.69) is 20.6 Å². The summed E-state index contributed by atoms with van der Waals surface area (Å²) in [7, 11) is 0. The van der Waals surface area contributed by atoms with Crippen molar-refractivity contribution in [3.63, 3.8) is 0 Å². The standard InChI is InChI=1S/C18H14FN5O/c19-14-6-4-12(5-7-14)15-9-16(23-22-15)18(25)20-10-13-11-21-24-8-2-1-3-17(13)24/h1-9,11H,10H2,(H,20,25)(H,22,23). The first-order valence-corrected chi connectivity index (χ1v) is 7.71. The van der Waals surface area contributed by atoms with Crippen LogP contribution in [0.3, 0.4) is 0 Å². The molecule has 7 heteroatoms. The summed E-state index contributed by atoms with van der Waals surface area (Å²) in [4.78, 5) is 12.3. The van der Waals surface area contributed by atoms with E-state index in [4.69, 9.17) is 0 Å². The summed E-state index contributed by atoms with van der Waals surface area (Å²) in [6, 6.07) is 13.3. The van der Waals surface area contributed by atoms with E-state index < -0.39 is 0 Å². The number of benzene rings is 1. The molecule has 0 radical (unpaired) electrons. The predicted molar refractivity (Wildman–Crippen MR) is 90.3 cm³/mol. The topological polar surface area (TPSA) is 75.1 Å². The molecule has 3 heterocycles. The van der Waals surface area contributed by atoms with Crippen molar-refractivity contribution in [2.45, 2.75) is 6.54 Å². The Bertz CT molecular complexity index is 1040. The third kappa shape index (κ3) is 2.99. The van der Waals surface area contributed by atoms with Crippen LogP contribution in [-0.4, -0.2) is 25.7 Å². The number of nitrogens with zero attached hydrogens (tertiary/aromatic N) is 3. The van der Waals surface area contributed by atoms with Gasteiger partial charge in [-0.25, -0.2) is 8.91 Å². The molecule has 0 aliphatic heterocycles. The zero-order valence-electron chi connectivity index (χ0n) is 13.1. The molecule has 0 aliphatic rings. The van der Waals surface area contributed by atoms with Crippen LogP contribution in [0.5, 0.6) is 0 Å². The largest absolute Gasteiger partial charge is 0.347 e. The van der Waals surface area contributed by atoms with E-state index in [-0.39, 0.29) is 11.7 Å². The van der Waals surface area contributed by atoms with Crippen LogP contribution in [-0.2, 0) is 6.54 Å². The molecule has 3 aromatic heterocycles. The van der Waals surface area contributed by atoms with Crippen molar-refractivity contribution < 1.29 is 9.18 Å². The Kier molecular flexibility index (Phi) is 3.74. The van der Waals surface area contributed by atoms with Crippen molar-refractivity contribution in [1.29, 1.82) is 0 Å². The summed E-state index contributed by atoms with van der Waals surface area (Å²) in [5.74, 6) is -0.582. The number of rotatable bonds is 4. The third-order valence-electron chi connectivity index (χ3n) is 3.91. The minimum atomic E-state index is -0.314.